The van der Waals surface area contributed by atoms with Crippen molar-refractivity contribution in [3.05, 3.63) is 46.9 Å². The van der Waals surface area contributed by atoms with Crippen molar-refractivity contribution in [2.24, 2.45) is 0 Å². The Labute approximate surface area is 218 Å². The summed E-state index contributed by atoms with van der Waals surface area (Å²) in [6.07, 6.45) is 4.58. The third-order valence-electron chi connectivity index (χ3n) is 7.03. The van der Waals surface area contributed by atoms with Gasteiger partial charge in [-0.3, -0.25) is 9.69 Å². The van der Waals surface area contributed by atoms with Crippen molar-refractivity contribution in [1.82, 2.24) is 9.88 Å². The Balaban J connectivity index is 1.25. The molecule has 1 unspecified atom stereocenters. The second kappa shape index (κ2) is 12.6. The molecule has 202 valence electrons. The minimum Gasteiger partial charge on any atom is -0.493 e. The second-order valence-electron chi connectivity index (χ2n) is 10.0. The van der Waals surface area contributed by atoms with E-state index in [1.165, 1.54) is 13.2 Å². The Bertz CT molecular complexity index is 1080. The summed E-state index contributed by atoms with van der Waals surface area (Å²) >= 11 is 0. The van der Waals surface area contributed by atoms with Gasteiger partial charge in [0.15, 0.2) is 23.1 Å². The van der Waals surface area contributed by atoms with Crippen LogP contribution in [0.4, 0.5) is 10.2 Å². The summed E-state index contributed by atoms with van der Waals surface area (Å²) in [6, 6.07) is 6.20. The first-order chi connectivity index (χ1) is 17.9. The zero-order chi connectivity index (χ0) is 26.4. The highest BCUT2D eigenvalue weighted by molar-refractivity contribution is 5.77. The molecule has 1 fully saturated rings. The van der Waals surface area contributed by atoms with Crippen LogP contribution in [0.15, 0.2) is 24.3 Å². The Morgan fingerprint density at radius 3 is 2.89 bits per heavy atom. The summed E-state index contributed by atoms with van der Waals surface area (Å²) in [5.74, 6) is 0.160. The zero-order valence-corrected chi connectivity index (χ0v) is 22.0. The van der Waals surface area contributed by atoms with Crippen LogP contribution in [0.3, 0.4) is 0 Å². The molecular weight excluding hydrogens is 477 g/mol. The normalized spacial score (nSPS) is 18.2. The predicted octanol–water partition coefficient (Wildman–Crippen LogP) is 4.79. The summed E-state index contributed by atoms with van der Waals surface area (Å²) in [6.45, 7) is 7.04. The quantitative estimate of drug-likeness (QED) is 0.390. The summed E-state index contributed by atoms with van der Waals surface area (Å²) in [5.41, 5.74) is 2.16. The number of hydrogen-bond acceptors (Lipinski definition) is 7. The molecule has 1 aromatic heterocycles. The number of nitrogens with zero attached hydrogens (tertiary/aromatic N) is 2. The van der Waals surface area contributed by atoms with E-state index in [2.05, 4.69) is 10.3 Å². The van der Waals surface area contributed by atoms with Crippen LogP contribution in [-0.4, -0.2) is 67.0 Å². The minimum absolute atomic E-state index is 0.00195. The van der Waals surface area contributed by atoms with Gasteiger partial charge in [-0.2, -0.15) is 0 Å². The number of rotatable bonds is 12. The van der Waals surface area contributed by atoms with Crippen molar-refractivity contribution in [2.45, 2.75) is 64.0 Å². The number of pyridine rings is 1. The van der Waals surface area contributed by atoms with Gasteiger partial charge in [-0.15, -0.1) is 0 Å². The number of likely N-dealkylation sites (tertiary alicyclic amines) is 1. The molecule has 0 saturated carbocycles. The Morgan fingerprint density at radius 2 is 2.14 bits per heavy atom. The predicted molar refractivity (Wildman–Crippen MR) is 139 cm³/mol. The maximum atomic E-state index is 14.7. The van der Waals surface area contributed by atoms with Crippen LogP contribution < -0.4 is 14.8 Å². The van der Waals surface area contributed by atoms with Gasteiger partial charge in [-0.25, -0.2) is 9.37 Å². The van der Waals surface area contributed by atoms with Gasteiger partial charge in [0.05, 0.1) is 19.8 Å². The number of carboxylic acid groups (broad SMARTS) is 1. The monoisotopic (exact) mass is 515 g/mol. The number of methoxy groups -OCH3 is 1. The fourth-order valence-electron chi connectivity index (χ4n) is 5.03. The fraction of sp³-hybridized carbons (Fsp3) is 0.571. The number of hydrogen-bond donors (Lipinski definition) is 2. The van der Waals surface area contributed by atoms with Gasteiger partial charge in [0.1, 0.15) is 12.6 Å². The van der Waals surface area contributed by atoms with Crippen LogP contribution in [0.25, 0.3) is 0 Å². The maximum Gasteiger partial charge on any atom is 0.325 e. The number of aromatic nitrogens is 1. The van der Waals surface area contributed by atoms with Crippen LogP contribution in [0.5, 0.6) is 11.5 Å². The van der Waals surface area contributed by atoms with Crippen molar-refractivity contribution in [2.75, 3.05) is 45.3 Å². The molecule has 2 aromatic rings. The molecule has 0 aliphatic carbocycles. The van der Waals surface area contributed by atoms with Gasteiger partial charge in [0.25, 0.3) is 0 Å². The average molecular weight is 516 g/mol. The molecule has 1 aromatic carbocycles. The van der Waals surface area contributed by atoms with Crippen LogP contribution in [0, 0.1) is 5.82 Å². The number of ether oxygens (including phenoxy) is 3. The average Bonchev–Trinajstić information content (AvgIpc) is 3.33. The first-order valence-corrected chi connectivity index (χ1v) is 13.2. The topological polar surface area (TPSA) is 93.2 Å². The molecule has 37 heavy (non-hydrogen) atoms. The Kier molecular flexibility index (Phi) is 9.21. The third-order valence-corrected chi connectivity index (χ3v) is 7.03. The lowest BCUT2D eigenvalue weighted by atomic mass is 9.95. The summed E-state index contributed by atoms with van der Waals surface area (Å²) in [5, 5.41) is 13.3. The molecule has 0 spiro atoms. The van der Waals surface area contributed by atoms with Crippen molar-refractivity contribution >= 4 is 11.8 Å². The second-order valence-corrected chi connectivity index (χ2v) is 10.0. The molecule has 2 N–H and O–H groups in total. The first-order valence-electron chi connectivity index (χ1n) is 13.2. The summed E-state index contributed by atoms with van der Waals surface area (Å²) in [4.78, 5) is 18.8. The molecular formula is C28H38FN3O5. The molecule has 1 saturated heterocycles. The Hall–Kier alpha value is -2.91. The van der Waals surface area contributed by atoms with E-state index in [1.54, 1.807) is 6.07 Å². The van der Waals surface area contributed by atoms with Gasteiger partial charge < -0.3 is 24.6 Å². The molecule has 0 radical (unpaired) electrons. The van der Waals surface area contributed by atoms with Gasteiger partial charge >= 0.3 is 5.97 Å². The van der Waals surface area contributed by atoms with Crippen LogP contribution in [-0.2, 0) is 16.0 Å². The van der Waals surface area contributed by atoms with Crippen molar-refractivity contribution in [1.29, 1.82) is 0 Å². The van der Waals surface area contributed by atoms with Gasteiger partial charge in [-0.1, -0.05) is 20.3 Å². The molecule has 8 nitrogen and oxygen atoms in total. The number of unbranched alkanes of at least 4 members (excludes halogenated alkanes) is 2. The summed E-state index contributed by atoms with van der Waals surface area (Å²) < 4.78 is 31.7. The number of aliphatic carboxylic acids is 1. The fourth-order valence-corrected chi connectivity index (χ4v) is 5.03. The largest absolute Gasteiger partial charge is 0.493 e. The third kappa shape index (κ3) is 6.70. The molecule has 2 aliphatic heterocycles. The minimum atomic E-state index is -1.02. The van der Waals surface area contributed by atoms with Gasteiger partial charge in [0.2, 0.25) is 0 Å². The molecule has 0 bridgehead atoms. The van der Waals surface area contributed by atoms with E-state index in [4.69, 9.17) is 14.2 Å². The van der Waals surface area contributed by atoms with E-state index in [1.807, 2.05) is 30.9 Å². The van der Waals surface area contributed by atoms with E-state index in [9.17, 15) is 14.3 Å². The van der Waals surface area contributed by atoms with Crippen molar-refractivity contribution < 1.29 is 28.5 Å². The number of halogens is 1. The number of benzene rings is 1. The lowest BCUT2D eigenvalue weighted by molar-refractivity contribution is -0.143. The zero-order valence-electron chi connectivity index (χ0n) is 22.0. The standard InChI is InChI=1S/C28H38FN3O5/c1-18(2)19-15-22(26(35-3)23(29)16-19)25(28(33)34)32-12-10-21(17-32)36-13-6-4-5-7-20-8-9-24-27(31-20)30-11-14-37-24/h8-9,15-16,18,21,25H,4-7,10-14,17H2,1-3H3,(H,30,31)(H,33,34)/t21-,25?/m1/s1. The van der Waals surface area contributed by atoms with Crippen LogP contribution in [0.2, 0.25) is 0 Å². The highest BCUT2D eigenvalue weighted by Crippen LogP contribution is 2.37. The van der Waals surface area contributed by atoms with E-state index in [0.29, 0.717) is 31.9 Å². The number of aryl methyl sites for hydroxylation is 1. The van der Waals surface area contributed by atoms with E-state index in [0.717, 1.165) is 61.5 Å². The molecule has 3 heterocycles. The smallest absolute Gasteiger partial charge is 0.325 e. The van der Waals surface area contributed by atoms with Gasteiger partial charge in [0, 0.05) is 31.0 Å². The molecule has 2 atom stereocenters. The number of fused-ring (bicyclic) bond motifs is 1. The summed E-state index contributed by atoms with van der Waals surface area (Å²) in [7, 11) is 1.37. The highest BCUT2D eigenvalue weighted by atomic mass is 19.1. The molecule has 4 rings (SSSR count). The number of anilines is 1. The van der Waals surface area contributed by atoms with Crippen LogP contribution >= 0.6 is 0 Å². The lowest BCUT2D eigenvalue weighted by Crippen LogP contribution is -2.34. The number of carboxylic acids is 1. The van der Waals surface area contributed by atoms with E-state index < -0.39 is 17.8 Å². The SMILES string of the molecule is COc1c(F)cc(C(C)C)cc1C(C(=O)O)N1CC[C@@H](OCCCCCc2ccc3c(n2)NCCO3)C1. The van der Waals surface area contributed by atoms with Crippen molar-refractivity contribution in [3.63, 3.8) is 0 Å². The number of nitrogens with one attached hydrogen (secondary N) is 1. The van der Waals surface area contributed by atoms with Gasteiger partial charge in [-0.05, 0) is 61.4 Å². The Morgan fingerprint density at radius 1 is 1.30 bits per heavy atom. The highest BCUT2D eigenvalue weighted by Gasteiger charge is 2.36. The van der Waals surface area contributed by atoms with E-state index in [-0.39, 0.29) is 17.8 Å². The van der Waals surface area contributed by atoms with Crippen molar-refractivity contribution in [3.8, 4) is 11.5 Å². The maximum absolute atomic E-state index is 14.7. The molecule has 0 amide bonds. The van der Waals surface area contributed by atoms with E-state index >= 15 is 0 Å². The molecule has 2 aliphatic rings. The molecule has 9 heteroatoms. The number of carbonyl (C=O) groups is 1. The van der Waals surface area contributed by atoms with Crippen LogP contribution in [0.1, 0.15) is 68.3 Å². The lowest BCUT2D eigenvalue weighted by Gasteiger charge is -2.27. The first kappa shape index (κ1) is 27.1.